The Hall–Kier alpha value is -1.22. The van der Waals surface area contributed by atoms with Crippen molar-refractivity contribution in [1.29, 1.82) is 0 Å². The zero-order valence-corrected chi connectivity index (χ0v) is 11.1. The molecule has 0 aliphatic heterocycles. The van der Waals surface area contributed by atoms with Crippen LogP contribution in [0, 0.1) is 6.92 Å². The Balaban J connectivity index is 0.00000144. The molecule has 0 heterocycles. The molecule has 0 atom stereocenters. The summed E-state index contributed by atoms with van der Waals surface area (Å²) >= 11 is 0. The number of carbonyl (C=O) groups excluding carboxylic acids is 1. The van der Waals surface area contributed by atoms with E-state index in [0.29, 0.717) is 11.7 Å². The second-order valence-corrected chi connectivity index (χ2v) is 4.40. The van der Waals surface area contributed by atoms with Crippen LogP contribution in [-0.2, 0) is 0 Å². The minimum atomic E-state index is 0. The molecular weight excluding hydrogens is 236 g/mol. The van der Waals surface area contributed by atoms with Gasteiger partial charge < -0.3 is 10.6 Å². The number of carbonyl (C=O) groups is 1. The van der Waals surface area contributed by atoms with Gasteiger partial charge in [-0.3, -0.25) is 4.79 Å². The van der Waals surface area contributed by atoms with E-state index in [0.717, 1.165) is 30.5 Å². The number of hydrogen-bond donors (Lipinski definition) is 1. The van der Waals surface area contributed by atoms with Gasteiger partial charge in [-0.25, -0.2) is 0 Å². The zero-order chi connectivity index (χ0) is 11.7. The monoisotopic (exact) mass is 254 g/mol. The molecule has 0 aromatic heterocycles. The molecule has 0 saturated heterocycles. The van der Waals surface area contributed by atoms with Gasteiger partial charge in [-0.05, 0) is 44.4 Å². The van der Waals surface area contributed by atoms with Gasteiger partial charge in [0.2, 0.25) is 0 Å². The smallest absolute Gasteiger partial charge is 0.254 e. The fourth-order valence-electron chi connectivity index (χ4n) is 1.98. The number of aryl methyl sites for hydroxylation is 1. The lowest BCUT2D eigenvalue weighted by Crippen LogP contribution is -2.33. The summed E-state index contributed by atoms with van der Waals surface area (Å²) in [5.41, 5.74) is 8.12. The zero-order valence-electron chi connectivity index (χ0n) is 10.3. The minimum Gasteiger partial charge on any atom is -0.399 e. The van der Waals surface area contributed by atoms with Crippen molar-refractivity contribution in [3.8, 4) is 0 Å². The molecule has 3 nitrogen and oxygen atoms in total. The van der Waals surface area contributed by atoms with Gasteiger partial charge in [0.25, 0.3) is 5.91 Å². The van der Waals surface area contributed by atoms with Crippen molar-refractivity contribution in [3.05, 3.63) is 29.3 Å². The SMILES string of the molecule is CCN(C(=O)c1cc(N)ccc1C)C1CC1.Cl. The maximum absolute atomic E-state index is 12.3. The summed E-state index contributed by atoms with van der Waals surface area (Å²) in [6.45, 7) is 4.75. The van der Waals surface area contributed by atoms with Gasteiger partial charge in [-0.15, -0.1) is 12.4 Å². The average molecular weight is 255 g/mol. The predicted octanol–water partition coefficient (Wildman–Crippen LogP) is 2.62. The summed E-state index contributed by atoms with van der Waals surface area (Å²) in [5.74, 6) is 0.120. The van der Waals surface area contributed by atoms with Crippen LogP contribution in [0.5, 0.6) is 0 Å². The van der Waals surface area contributed by atoms with Crippen molar-refractivity contribution < 1.29 is 4.79 Å². The highest BCUT2D eigenvalue weighted by Crippen LogP contribution is 2.28. The number of amides is 1. The van der Waals surface area contributed by atoms with Gasteiger partial charge in [-0.2, -0.15) is 0 Å². The van der Waals surface area contributed by atoms with Gasteiger partial charge in [0.15, 0.2) is 0 Å². The average Bonchev–Trinajstić information content (AvgIpc) is 3.07. The molecule has 0 bridgehead atoms. The Morgan fingerprint density at radius 3 is 2.65 bits per heavy atom. The highest BCUT2D eigenvalue weighted by Gasteiger charge is 2.32. The van der Waals surface area contributed by atoms with E-state index in [-0.39, 0.29) is 18.3 Å². The molecular formula is C13H19ClN2O. The number of rotatable bonds is 3. The summed E-state index contributed by atoms with van der Waals surface area (Å²) in [7, 11) is 0. The summed E-state index contributed by atoms with van der Waals surface area (Å²) in [6.07, 6.45) is 2.28. The molecule has 2 N–H and O–H groups in total. The van der Waals surface area contributed by atoms with Crippen molar-refractivity contribution >= 4 is 24.0 Å². The normalized spacial score (nSPS) is 14.0. The van der Waals surface area contributed by atoms with Gasteiger partial charge in [-0.1, -0.05) is 6.07 Å². The summed E-state index contributed by atoms with van der Waals surface area (Å²) in [5, 5.41) is 0. The molecule has 0 unspecified atom stereocenters. The summed E-state index contributed by atoms with van der Waals surface area (Å²) in [4.78, 5) is 14.2. The third-order valence-corrected chi connectivity index (χ3v) is 3.08. The van der Waals surface area contributed by atoms with E-state index in [1.54, 1.807) is 6.07 Å². The van der Waals surface area contributed by atoms with Crippen LogP contribution in [0.4, 0.5) is 5.69 Å². The quantitative estimate of drug-likeness (QED) is 0.843. The van der Waals surface area contributed by atoms with E-state index < -0.39 is 0 Å². The first-order chi connectivity index (χ1) is 7.63. The van der Waals surface area contributed by atoms with E-state index in [4.69, 9.17) is 5.73 Å². The van der Waals surface area contributed by atoms with E-state index in [2.05, 4.69) is 0 Å². The van der Waals surface area contributed by atoms with Crippen LogP contribution in [0.25, 0.3) is 0 Å². The lowest BCUT2D eigenvalue weighted by Gasteiger charge is -2.21. The van der Waals surface area contributed by atoms with Crippen LogP contribution in [0.1, 0.15) is 35.7 Å². The van der Waals surface area contributed by atoms with Crippen molar-refractivity contribution in [2.45, 2.75) is 32.7 Å². The maximum Gasteiger partial charge on any atom is 0.254 e. The highest BCUT2D eigenvalue weighted by atomic mass is 35.5. The largest absolute Gasteiger partial charge is 0.399 e. The van der Waals surface area contributed by atoms with E-state index in [1.165, 1.54) is 0 Å². The van der Waals surface area contributed by atoms with Gasteiger partial charge >= 0.3 is 0 Å². The number of hydrogen-bond acceptors (Lipinski definition) is 2. The van der Waals surface area contributed by atoms with Gasteiger partial charge in [0.1, 0.15) is 0 Å². The molecule has 1 aromatic rings. The first kappa shape index (κ1) is 13.8. The molecule has 0 spiro atoms. The molecule has 2 rings (SSSR count). The van der Waals surface area contributed by atoms with Crippen molar-refractivity contribution in [3.63, 3.8) is 0 Å². The summed E-state index contributed by atoms with van der Waals surface area (Å²) in [6, 6.07) is 5.98. The number of anilines is 1. The first-order valence-electron chi connectivity index (χ1n) is 5.80. The molecule has 1 aliphatic carbocycles. The lowest BCUT2D eigenvalue weighted by molar-refractivity contribution is 0.0752. The number of nitrogens with two attached hydrogens (primary N) is 1. The highest BCUT2D eigenvalue weighted by molar-refractivity contribution is 5.96. The molecule has 0 radical (unpaired) electrons. The Labute approximate surface area is 108 Å². The fraction of sp³-hybridized carbons (Fsp3) is 0.462. The molecule has 1 aliphatic rings. The Kier molecular flexibility index (Phi) is 4.40. The number of benzene rings is 1. The van der Waals surface area contributed by atoms with Crippen LogP contribution in [0.2, 0.25) is 0 Å². The molecule has 1 aromatic carbocycles. The van der Waals surface area contributed by atoms with Crippen molar-refractivity contribution in [2.75, 3.05) is 12.3 Å². The van der Waals surface area contributed by atoms with Gasteiger partial charge in [0.05, 0.1) is 0 Å². The van der Waals surface area contributed by atoms with Crippen molar-refractivity contribution in [1.82, 2.24) is 4.90 Å². The summed E-state index contributed by atoms with van der Waals surface area (Å²) < 4.78 is 0. The maximum atomic E-state index is 12.3. The Morgan fingerprint density at radius 1 is 1.47 bits per heavy atom. The standard InChI is InChI=1S/C13H18N2O.ClH/c1-3-15(11-6-7-11)13(16)12-8-10(14)5-4-9(12)2;/h4-5,8,11H,3,6-7,14H2,1-2H3;1H. The molecule has 1 fully saturated rings. The van der Waals surface area contributed by atoms with Gasteiger partial charge in [0, 0.05) is 23.8 Å². The predicted molar refractivity (Wildman–Crippen MR) is 72.6 cm³/mol. The molecule has 17 heavy (non-hydrogen) atoms. The van der Waals surface area contributed by atoms with Crippen LogP contribution in [-0.4, -0.2) is 23.4 Å². The Bertz CT molecular complexity index is 416. The second-order valence-electron chi connectivity index (χ2n) is 4.40. The first-order valence-corrected chi connectivity index (χ1v) is 5.80. The Morgan fingerprint density at radius 2 is 2.12 bits per heavy atom. The second kappa shape index (κ2) is 5.41. The van der Waals surface area contributed by atoms with Crippen LogP contribution in [0.15, 0.2) is 18.2 Å². The van der Waals surface area contributed by atoms with Crippen LogP contribution < -0.4 is 5.73 Å². The van der Waals surface area contributed by atoms with Crippen LogP contribution >= 0.6 is 12.4 Å². The molecule has 94 valence electrons. The van der Waals surface area contributed by atoms with E-state index >= 15 is 0 Å². The third-order valence-electron chi connectivity index (χ3n) is 3.08. The third kappa shape index (κ3) is 2.91. The van der Waals surface area contributed by atoms with E-state index in [1.807, 2.05) is 30.9 Å². The van der Waals surface area contributed by atoms with Crippen molar-refractivity contribution in [2.24, 2.45) is 0 Å². The van der Waals surface area contributed by atoms with E-state index in [9.17, 15) is 4.79 Å². The fourth-order valence-corrected chi connectivity index (χ4v) is 1.98. The lowest BCUT2D eigenvalue weighted by atomic mass is 10.1. The molecule has 4 heteroatoms. The topological polar surface area (TPSA) is 46.3 Å². The minimum absolute atomic E-state index is 0. The molecule has 1 amide bonds. The molecule has 1 saturated carbocycles. The number of nitrogen functional groups attached to an aromatic ring is 1. The van der Waals surface area contributed by atoms with Crippen LogP contribution in [0.3, 0.4) is 0 Å². The number of nitrogens with zero attached hydrogens (tertiary/aromatic N) is 1. The number of halogens is 1.